The maximum Gasteiger partial charge on any atom is 0.343 e. The normalized spacial score (nSPS) is 13.9. The van der Waals surface area contributed by atoms with Crippen molar-refractivity contribution in [3.63, 3.8) is 0 Å². The number of allylic oxidation sites excluding steroid dienone is 1. The topological polar surface area (TPSA) is 52.6 Å². The highest BCUT2D eigenvalue weighted by Gasteiger charge is 2.30. The molecule has 4 nitrogen and oxygen atoms in total. The zero-order valence-electron chi connectivity index (χ0n) is 15.2. The second-order valence-electron chi connectivity index (χ2n) is 6.45. The van der Waals surface area contributed by atoms with Crippen LogP contribution >= 0.6 is 27.5 Å². The number of fused-ring (bicyclic) bond motifs is 1. The van der Waals surface area contributed by atoms with Gasteiger partial charge in [0.05, 0.1) is 11.1 Å². The standard InChI is InChI=1S/C23H14BrClO4/c1-13-19(29-23(27)15-4-6-16(24)7-5-15)11-10-18-21(26)20(28-22(13)18)12-14-2-8-17(25)9-3-14/h2-12H,1H3/b20-12-. The van der Waals surface area contributed by atoms with Crippen molar-refractivity contribution < 1.29 is 19.1 Å². The molecule has 0 radical (unpaired) electrons. The molecule has 144 valence electrons. The second-order valence-corrected chi connectivity index (χ2v) is 7.81. The third-order valence-electron chi connectivity index (χ3n) is 4.49. The van der Waals surface area contributed by atoms with Crippen LogP contribution in [0, 0.1) is 6.92 Å². The fourth-order valence-corrected chi connectivity index (χ4v) is 3.32. The van der Waals surface area contributed by atoms with Crippen molar-refractivity contribution in [1.29, 1.82) is 0 Å². The largest absolute Gasteiger partial charge is 0.452 e. The van der Waals surface area contributed by atoms with E-state index in [1.807, 2.05) is 0 Å². The lowest BCUT2D eigenvalue weighted by atomic mass is 10.1. The summed E-state index contributed by atoms with van der Waals surface area (Å²) in [6, 6.07) is 17.2. The van der Waals surface area contributed by atoms with Crippen molar-refractivity contribution in [3.8, 4) is 11.5 Å². The fraction of sp³-hybridized carbons (Fsp3) is 0.0435. The Morgan fingerprint density at radius 2 is 1.72 bits per heavy atom. The molecule has 0 fully saturated rings. The van der Waals surface area contributed by atoms with Crippen LogP contribution in [0.4, 0.5) is 0 Å². The Kier molecular flexibility index (Phi) is 5.26. The smallest absolute Gasteiger partial charge is 0.343 e. The van der Waals surface area contributed by atoms with E-state index in [2.05, 4.69) is 15.9 Å². The minimum absolute atomic E-state index is 0.210. The summed E-state index contributed by atoms with van der Waals surface area (Å²) < 4.78 is 12.2. The molecule has 0 aromatic heterocycles. The van der Waals surface area contributed by atoms with E-state index >= 15 is 0 Å². The van der Waals surface area contributed by atoms with Crippen molar-refractivity contribution in [1.82, 2.24) is 0 Å². The number of carbonyl (C=O) groups excluding carboxylic acids is 2. The Balaban J connectivity index is 1.60. The van der Waals surface area contributed by atoms with Gasteiger partial charge in [-0.25, -0.2) is 4.79 Å². The summed E-state index contributed by atoms with van der Waals surface area (Å²) in [5, 5.41) is 0.613. The summed E-state index contributed by atoms with van der Waals surface area (Å²) in [7, 11) is 0. The minimum atomic E-state index is -0.484. The first-order chi connectivity index (χ1) is 13.9. The van der Waals surface area contributed by atoms with Gasteiger partial charge in [0.15, 0.2) is 5.76 Å². The Morgan fingerprint density at radius 3 is 2.41 bits per heavy atom. The molecule has 4 rings (SSSR count). The average molecular weight is 470 g/mol. The van der Waals surface area contributed by atoms with E-state index in [0.717, 1.165) is 10.0 Å². The van der Waals surface area contributed by atoms with Crippen LogP contribution in [0.1, 0.15) is 31.8 Å². The molecule has 0 unspecified atom stereocenters. The quantitative estimate of drug-likeness (QED) is 0.259. The van der Waals surface area contributed by atoms with Crippen LogP contribution < -0.4 is 9.47 Å². The van der Waals surface area contributed by atoms with E-state index in [-0.39, 0.29) is 11.5 Å². The van der Waals surface area contributed by atoms with Gasteiger partial charge in [-0.2, -0.15) is 0 Å². The van der Waals surface area contributed by atoms with Gasteiger partial charge in [-0.1, -0.05) is 39.7 Å². The molecule has 0 saturated heterocycles. The van der Waals surface area contributed by atoms with Gasteiger partial charge in [0.25, 0.3) is 0 Å². The number of carbonyl (C=O) groups is 2. The van der Waals surface area contributed by atoms with Gasteiger partial charge in [-0.3, -0.25) is 4.79 Å². The van der Waals surface area contributed by atoms with Crippen LogP contribution in [0.15, 0.2) is 70.9 Å². The van der Waals surface area contributed by atoms with Crippen LogP contribution in [-0.4, -0.2) is 11.8 Å². The summed E-state index contributed by atoms with van der Waals surface area (Å²) in [6.07, 6.45) is 1.66. The van der Waals surface area contributed by atoms with E-state index in [0.29, 0.717) is 33.2 Å². The first-order valence-corrected chi connectivity index (χ1v) is 9.90. The molecule has 3 aromatic carbocycles. The van der Waals surface area contributed by atoms with Crippen molar-refractivity contribution >= 4 is 45.4 Å². The third kappa shape index (κ3) is 3.97. The predicted molar refractivity (Wildman–Crippen MR) is 115 cm³/mol. The molecule has 3 aromatic rings. The molecule has 0 N–H and O–H groups in total. The van der Waals surface area contributed by atoms with Crippen LogP contribution in [0.5, 0.6) is 11.5 Å². The molecular weight excluding hydrogens is 456 g/mol. The lowest BCUT2D eigenvalue weighted by Gasteiger charge is -2.10. The monoisotopic (exact) mass is 468 g/mol. The molecule has 1 aliphatic rings. The second kappa shape index (κ2) is 7.85. The Labute approximate surface area is 180 Å². The maximum atomic E-state index is 12.7. The zero-order valence-corrected chi connectivity index (χ0v) is 17.6. The zero-order chi connectivity index (χ0) is 20.5. The van der Waals surface area contributed by atoms with Crippen molar-refractivity contribution in [2.75, 3.05) is 0 Å². The van der Waals surface area contributed by atoms with Gasteiger partial charge in [-0.05, 0) is 67.1 Å². The molecule has 6 heteroatoms. The Morgan fingerprint density at radius 1 is 1.03 bits per heavy atom. The van der Waals surface area contributed by atoms with E-state index in [9.17, 15) is 9.59 Å². The fourth-order valence-electron chi connectivity index (χ4n) is 2.93. The van der Waals surface area contributed by atoms with Crippen LogP contribution in [0.2, 0.25) is 5.02 Å². The molecule has 29 heavy (non-hydrogen) atoms. The summed E-state index contributed by atoms with van der Waals surface area (Å²) >= 11 is 9.23. The highest BCUT2D eigenvalue weighted by atomic mass is 79.9. The van der Waals surface area contributed by atoms with Gasteiger partial charge in [0.2, 0.25) is 5.78 Å². The van der Waals surface area contributed by atoms with E-state index in [4.69, 9.17) is 21.1 Å². The van der Waals surface area contributed by atoms with Crippen molar-refractivity contribution in [2.24, 2.45) is 0 Å². The predicted octanol–water partition coefficient (Wildman–Crippen LogP) is 6.25. The highest BCUT2D eigenvalue weighted by molar-refractivity contribution is 9.10. The number of hydrogen-bond acceptors (Lipinski definition) is 4. The van der Waals surface area contributed by atoms with Crippen molar-refractivity contribution in [2.45, 2.75) is 6.92 Å². The average Bonchev–Trinajstić information content (AvgIpc) is 3.03. The lowest BCUT2D eigenvalue weighted by molar-refractivity contribution is 0.0733. The molecule has 0 atom stereocenters. The molecule has 0 saturated carbocycles. The SMILES string of the molecule is Cc1c(OC(=O)c2ccc(Br)cc2)ccc2c1O/C(=C\c1ccc(Cl)cc1)C2=O. The van der Waals surface area contributed by atoms with Crippen LogP contribution in [-0.2, 0) is 0 Å². The molecule has 0 spiro atoms. The van der Waals surface area contributed by atoms with Crippen LogP contribution in [0.25, 0.3) is 6.08 Å². The summed E-state index contributed by atoms with van der Waals surface area (Å²) in [4.78, 5) is 25.1. The van der Waals surface area contributed by atoms with E-state index in [1.54, 1.807) is 73.7 Å². The third-order valence-corrected chi connectivity index (χ3v) is 5.27. The van der Waals surface area contributed by atoms with Crippen molar-refractivity contribution in [3.05, 3.63) is 98.2 Å². The lowest BCUT2D eigenvalue weighted by Crippen LogP contribution is -2.09. The summed E-state index contributed by atoms with van der Waals surface area (Å²) in [6.45, 7) is 1.75. The molecule has 0 aliphatic carbocycles. The number of halogens is 2. The van der Waals surface area contributed by atoms with E-state index < -0.39 is 5.97 Å². The number of ether oxygens (including phenoxy) is 2. The highest BCUT2D eigenvalue weighted by Crippen LogP contribution is 2.39. The maximum absolute atomic E-state index is 12.7. The number of ketones is 1. The first-order valence-electron chi connectivity index (χ1n) is 8.73. The van der Waals surface area contributed by atoms with Gasteiger partial charge >= 0.3 is 5.97 Å². The number of benzene rings is 3. The first kappa shape index (κ1) is 19.4. The Hall–Kier alpha value is -2.89. The van der Waals surface area contributed by atoms with Gasteiger partial charge < -0.3 is 9.47 Å². The summed E-state index contributed by atoms with van der Waals surface area (Å²) in [5.74, 6) is 0.251. The number of Topliss-reactive ketones (excluding diaryl/α,β-unsaturated/α-hetero) is 1. The molecule has 0 amide bonds. The van der Waals surface area contributed by atoms with Gasteiger partial charge in [0, 0.05) is 15.1 Å². The number of rotatable bonds is 3. The van der Waals surface area contributed by atoms with E-state index in [1.165, 1.54) is 0 Å². The van der Waals surface area contributed by atoms with Gasteiger partial charge in [0.1, 0.15) is 11.5 Å². The molecule has 1 aliphatic heterocycles. The van der Waals surface area contributed by atoms with Gasteiger partial charge in [-0.15, -0.1) is 0 Å². The Bertz CT molecular complexity index is 1150. The number of hydrogen-bond donors (Lipinski definition) is 0. The molecular formula is C23H14BrClO4. The van der Waals surface area contributed by atoms with Crippen LogP contribution in [0.3, 0.4) is 0 Å². The minimum Gasteiger partial charge on any atom is -0.452 e. The molecule has 0 bridgehead atoms. The summed E-state index contributed by atoms with van der Waals surface area (Å²) in [5.41, 5.74) is 2.24. The molecule has 1 heterocycles. The number of esters is 1.